The van der Waals surface area contributed by atoms with Crippen LogP contribution in [0.25, 0.3) is 0 Å². The predicted octanol–water partition coefficient (Wildman–Crippen LogP) is 3.92. The average molecular weight is 417 g/mol. The maximum atomic E-state index is 12.9. The molecule has 0 bridgehead atoms. The first-order valence-electron chi connectivity index (χ1n) is 10.7. The lowest BCUT2D eigenvalue weighted by Gasteiger charge is -2.32. The number of hydrogen-bond acceptors (Lipinski definition) is 7. The fourth-order valence-electron chi connectivity index (χ4n) is 3.12. The van der Waals surface area contributed by atoms with Gasteiger partial charge in [-0.15, -0.1) is 0 Å². The molecule has 0 aromatic carbocycles. The van der Waals surface area contributed by atoms with Gasteiger partial charge in [0.15, 0.2) is 0 Å². The molecule has 0 fully saturated rings. The Bertz CT molecular complexity index is 492. The topological polar surface area (TPSA) is 88.1 Å². The van der Waals surface area contributed by atoms with Gasteiger partial charge in [-0.05, 0) is 39.0 Å². The summed E-state index contributed by atoms with van der Waals surface area (Å²) in [5.41, 5.74) is -0.987. The first-order chi connectivity index (χ1) is 13.7. The van der Waals surface area contributed by atoms with Gasteiger partial charge in [0.2, 0.25) is 0 Å². The van der Waals surface area contributed by atoms with E-state index in [-0.39, 0.29) is 31.4 Å². The summed E-state index contributed by atoms with van der Waals surface area (Å²) in [5.74, 6) is -2.03. The van der Waals surface area contributed by atoms with E-state index in [1.807, 2.05) is 20.8 Å². The van der Waals surface area contributed by atoms with E-state index >= 15 is 0 Å². The molecule has 0 aliphatic rings. The summed E-state index contributed by atoms with van der Waals surface area (Å²) in [4.78, 5) is 37.6. The van der Waals surface area contributed by atoms with Crippen LogP contribution in [0.4, 0.5) is 0 Å². The lowest BCUT2D eigenvalue weighted by molar-refractivity contribution is -0.162. The molecule has 29 heavy (non-hydrogen) atoms. The zero-order valence-electron chi connectivity index (χ0n) is 19.1. The molecular formula is C22H40O7. The van der Waals surface area contributed by atoms with E-state index in [1.165, 1.54) is 7.11 Å². The normalized spacial score (nSPS) is 15.1. The van der Waals surface area contributed by atoms with Gasteiger partial charge in [0, 0.05) is 7.11 Å². The molecule has 0 rings (SSSR count). The third kappa shape index (κ3) is 10.6. The first kappa shape index (κ1) is 27.4. The van der Waals surface area contributed by atoms with Gasteiger partial charge < -0.3 is 18.9 Å². The molecule has 7 heteroatoms. The van der Waals surface area contributed by atoms with Gasteiger partial charge in [0.05, 0.1) is 37.1 Å². The minimum Gasteiger partial charge on any atom is -0.465 e. The monoisotopic (exact) mass is 416 g/mol. The van der Waals surface area contributed by atoms with Crippen LogP contribution < -0.4 is 0 Å². The SMILES string of the molecule is CCCCOC(=O)C(C)(CC(C)C(=O)OCCOC)CC(CC)C(=O)OCCC. The summed E-state index contributed by atoms with van der Waals surface area (Å²) in [7, 11) is 1.53. The first-order valence-corrected chi connectivity index (χ1v) is 10.7. The van der Waals surface area contributed by atoms with Crippen molar-refractivity contribution >= 4 is 17.9 Å². The fourth-order valence-corrected chi connectivity index (χ4v) is 3.12. The third-order valence-corrected chi connectivity index (χ3v) is 4.89. The van der Waals surface area contributed by atoms with E-state index in [0.29, 0.717) is 26.2 Å². The summed E-state index contributed by atoms with van der Waals surface area (Å²) in [6, 6.07) is 0. The second kappa shape index (κ2) is 15.2. The minimum atomic E-state index is -0.987. The Kier molecular flexibility index (Phi) is 14.4. The molecule has 0 amide bonds. The molecule has 0 heterocycles. The smallest absolute Gasteiger partial charge is 0.311 e. The van der Waals surface area contributed by atoms with Crippen molar-refractivity contribution in [3.8, 4) is 0 Å². The molecule has 3 atom stereocenters. The van der Waals surface area contributed by atoms with Gasteiger partial charge in [-0.2, -0.15) is 0 Å². The molecule has 0 saturated heterocycles. The molecule has 7 nitrogen and oxygen atoms in total. The number of carbonyl (C=O) groups is 3. The van der Waals surface area contributed by atoms with E-state index in [9.17, 15) is 14.4 Å². The van der Waals surface area contributed by atoms with Crippen LogP contribution in [0.1, 0.15) is 73.1 Å². The van der Waals surface area contributed by atoms with Crippen LogP contribution in [0.5, 0.6) is 0 Å². The Labute approximate surface area is 175 Å². The number of rotatable bonds is 16. The van der Waals surface area contributed by atoms with Crippen molar-refractivity contribution in [3.63, 3.8) is 0 Å². The van der Waals surface area contributed by atoms with Gasteiger partial charge in [-0.25, -0.2) is 0 Å². The van der Waals surface area contributed by atoms with E-state index < -0.39 is 23.2 Å². The zero-order valence-corrected chi connectivity index (χ0v) is 19.1. The van der Waals surface area contributed by atoms with Crippen molar-refractivity contribution in [2.75, 3.05) is 33.5 Å². The van der Waals surface area contributed by atoms with E-state index in [0.717, 1.165) is 19.3 Å². The van der Waals surface area contributed by atoms with Gasteiger partial charge in [0.1, 0.15) is 6.61 Å². The molecule has 0 radical (unpaired) electrons. The van der Waals surface area contributed by atoms with Crippen LogP contribution in [0.15, 0.2) is 0 Å². The molecule has 3 unspecified atom stereocenters. The second-order valence-electron chi connectivity index (χ2n) is 7.79. The lowest BCUT2D eigenvalue weighted by Crippen LogP contribution is -2.38. The van der Waals surface area contributed by atoms with Crippen LogP contribution in [0.2, 0.25) is 0 Å². The Hall–Kier alpha value is -1.63. The van der Waals surface area contributed by atoms with Crippen LogP contribution in [0.3, 0.4) is 0 Å². The van der Waals surface area contributed by atoms with Crippen LogP contribution in [-0.2, 0) is 33.3 Å². The van der Waals surface area contributed by atoms with Crippen LogP contribution >= 0.6 is 0 Å². The summed E-state index contributed by atoms with van der Waals surface area (Å²) >= 11 is 0. The van der Waals surface area contributed by atoms with Crippen molar-refractivity contribution in [2.45, 2.75) is 73.1 Å². The second-order valence-corrected chi connectivity index (χ2v) is 7.79. The quantitative estimate of drug-likeness (QED) is 0.214. The number of esters is 3. The molecule has 0 aliphatic carbocycles. The maximum Gasteiger partial charge on any atom is 0.311 e. The Balaban J connectivity index is 5.28. The van der Waals surface area contributed by atoms with E-state index in [2.05, 4.69) is 0 Å². The molecule has 0 aliphatic heterocycles. The Morgan fingerprint density at radius 2 is 1.48 bits per heavy atom. The van der Waals surface area contributed by atoms with E-state index in [1.54, 1.807) is 13.8 Å². The van der Waals surface area contributed by atoms with Crippen molar-refractivity contribution in [1.29, 1.82) is 0 Å². The number of unbranched alkanes of at least 4 members (excludes halogenated alkanes) is 1. The molecule has 0 N–H and O–H groups in total. The fraction of sp³-hybridized carbons (Fsp3) is 0.864. The van der Waals surface area contributed by atoms with Crippen molar-refractivity contribution in [2.24, 2.45) is 17.3 Å². The van der Waals surface area contributed by atoms with Gasteiger partial charge in [-0.1, -0.05) is 34.1 Å². The number of ether oxygens (including phenoxy) is 4. The van der Waals surface area contributed by atoms with Crippen LogP contribution in [-0.4, -0.2) is 51.4 Å². The van der Waals surface area contributed by atoms with E-state index in [4.69, 9.17) is 18.9 Å². The molecule has 170 valence electrons. The summed E-state index contributed by atoms with van der Waals surface area (Å²) < 4.78 is 20.8. The van der Waals surface area contributed by atoms with Crippen LogP contribution in [0, 0.1) is 17.3 Å². The average Bonchev–Trinajstić information content (AvgIpc) is 2.70. The van der Waals surface area contributed by atoms with Gasteiger partial charge in [-0.3, -0.25) is 14.4 Å². The van der Waals surface area contributed by atoms with Gasteiger partial charge >= 0.3 is 17.9 Å². The zero-order chi connectivity index (χ0) is 22.3. The molecule has 0 spiro atoms. The highest BCUT2D eigenvalue weighted by Gasteiger charge is 2.41. The van der Waals surface area contributed by atoms with Crippen molar-refractivity contribution < 1.29 is 33.3 Å². The summed E-state index contributed by atoms with van der Waals surface area (Å²) in [5, 5.41) is 0. The Morgan fingerprint density at radius 3 is 2.03 bits per heavy atom. The van der Waals surface area contributed by atoms with Crippen molar-refractivity contribution in [3.05, 3.63) is 0 Å². The number of hydrogen-bond donors (Lipinski definition) is 0. The largest absolute Gasteiger partial charge is 0.465 e. The molecule has 0 aromatic rings. The molecule has 0 aromatic heterocycles. The van der Waals surface area contributed by atoms with Gasteiger partial charge in [0.25, 0.3) is 0 Å². The number of methoxy groups -OCH3 is 1. The number of carbonyl (C=O) groups excluding carboxylic acids is 3. The molecule has 0 saturated carbocycles. The highest BCUT2D eigenvalue weighted by molar-refractivity contribution is 5.80. The third-order valence-electron chi connectivity index (χ3n) is 4.89. The maximum absolute atomic E-state index is 12.9. The lowest BCUT2D eigenvalue weighted by atomic mass is 9.74. The predicted molar refractivity (Wildman–Crippen MR) is 110 cm³/mol. The Morgan fingerprint density at radius 1 is 0.828 bits per heavy atom. The standard InChI is InChI=1S/C22H40O7/c1-7-10-12-29-21(25)22(5,15-17(4)19(23)28-14-13-26-6)16-18(9-3)20(24)27-11-8-2/h17-18H,7-16H2,1-6H3. The summed E-state index contributed by atoms with van der Waals surface area (Å²) in [6.07, 6.45) is 3.48. The highest BCUT2D eigenvalue weighted by atomic mass is 16.6. The highest BCUT2D eigenvalue weighted by Crippen LogP contribution is 2.37. The van der Waals surface area contributed by atoms with Crippen molar-refractivity contribution in [1.82, 2.24) is 0 Å². The molecular weight excluding hydrogens is 376 g/mol. The minimum absolute atomic E-state index is 0.165. The summed E-state index contributed by atoms with van der Waals surface area (Å²) in [6.45, 7) is 10.5.